The number of hydrogen-bond acceptors (Lipinski definition) is 6. The van der Waals surface area contributed by atoms with Gasteiger partial charge in [-0.1, -0.05) is 0 Å². The minimum Gasteiger partial charge on any atom is -0.393 e. The van der Waals surface area contributed by atoms with E-state index in [0.29, 0.717) is 5.82 Å². The first-order valence-electron chi connectivity index (χ1n) is 8.42. The van der Waals surface area contributed by atoms with Gasteiger partial charge in [0.1, 0.15) is 5.82 Å². The standard InChI is InChI=1S/C19H19N5O/c25-16-5-9-24(10-6-16)18-11-17(14-3-1-7-20-12-14)22-19(23-18)15-4-2-8-21-13-15/h1-4,7-8,11-13,16,25H,5-6,9-10H2. The highest BCUT2D eigenvalue weighted by Gasteiger charge is 2.20. The summed E-state index contributed by atoms with van der Waals surface area (Å²) in [5, 5.41) is 9.76. The van der Waals surface area contributed by atoms with Crippen LogP contribution in [-0.4, -0.2) is 44.2 Å². The second kappa shape index (κ2) is 6.94. The maximum Gasteiger partial charge on any atom is 0.163 e. The number of hydrogen-bond donors (Lipinski definition) is 1. The van der Waals surface area contributed by atoms with Gasteiger partial charge in [0.05, 0.1) is 11.8 Å². The first kappa shape index (κ1) is 15.7. The van der Waals surface area contributed by atoms with E-state index in [1.54, 1.807) is 24.8 Å². The van der Waals surface area contributed by atoms with Crippen LogP contribution in [0.1, 0.15) is 12.8 Å². The number of pyridine rings is 2. The summed E-state index contributed by atoms with van der Waals surface area (Å²) in [6, 6.07) is 9.73. The minimum atomic E-state index is -0.214. The molecule has 0 atom stereocenters. The lowest BCUT2D eigenvalue weighted by atomic mass is 10.1. The van der Waals surface area contributed by atoms with E-state index in [1.807, 2.05) is 30.3 Å². The molecule has 1 saturated heterocycles. The van der Waals surface area contributed by atoms with Crippen molar-refractivity contribution in [2.75, 3.05) is 18.0 Å². The first-order chi connectivity index (χ1) is 12.3. The van der Waals surface area contributed by atoms with Gasteiger partial charge < -0.3 is 10.0 Å². The zero-order valence-corrected chi connectivity index (χ0v) is 13.8. The van der Waals surface area contributed by atoms with E-state index < -0.39 is 0 Å². The van der Waals surface area contributed by atoms with Gasteiger partial charge in [-0.2, -0.15) is 0 Å². The van der Waals surface area contributed by atoms with Crippen molar-refractivity contribution >= 4 is 5.82 Å². The van der Waals surface area contributed by atoms with E-state index in [1.165, 1.54) is 0 Å². The number of nitrogens with zero attached hydrogens (tertiary/aromatic N) is 5. The fraction of sp³-hybridized carbons (Fsp3) is 0.263. The second-order valence-corrected chi connectivity index (χ2v) is 6.14. The molecule has 3 aromatic heterocycles. The van der Waals surface area contributed by atoms with Crippen LogP contribution in [0.3, 0.4) is 0 Å². The Hall–Kier alpha value is -2.86. The van der Waals surface area contributed by atoms with Gasteiger partial charge in [0.25, 0.3) is 0 Å². The lowest BCUT2D eigenvalue weighted by Crippen LogP contribution is -2.36. The van der Waals surface area contributed by atoms with E-state index in [9.17, 15) is 5.11 Å². The Morgan fingerprint density at radius 1 is 0.920 bits per heavy atom. The quantitative estimate of drug-likeness (QED) is 0.794. The van der Waals surface area contributed by atoms with Crippen LogP contribution in [-0.2, 0) is 0 Å². The van der Waals surface area contributed by atoms with Crippen molar-refractivity contribution in [2.45, 2.75) is 18.9 Å². The number of rotatable bonds is 3. The third-order valence-corrected chi connectivity index (χ3v) is 4.38. The van der Waals surface area contributed by atoms with Crippen LogP contribution in [0.25, 0.3) is 22.6 Å². The van der Waals surface area contributed by atoms with Crippen LogP contribution in [0.5, 0.6) is 0 Å². The average Bonchev–Trinajstić information content (AvgIpc) is 2.69. The number of anilines is 1. The molecule has 0 unspecified atom stereocenters. The van der Waals surface area contributed by atoms with Crippen LogP contribution < -0.4 is 4.90 Å². The predicted octanol–water partition coefficient (Wildman–Crippen LogP) is 2.56. The Kier molecular flexibility index (Phi) is 4.35. The summed E-state index contributed by atoms with van der Waals surface area (Å²) in [5.74, 6) is 1.52. The molecule has 0 saturated carbocycles. The fourth-order valence-corrected chi connectivity index (χ4v) is 2.98. The molecule has 4 rings (SSSR count). The topological polar surface area (TPSA) is 75.0 Å². The molecule has 0 aliphatic carbocycles. The van der Waals surface area contributed by atoms with Crippen molar-refractivity contribution in [3.05, 3.63) is 55.1 Å². The van der Waals surface area contributed by atoms with Crippen LogP contribution in [0.4, 0.5) is 5.82 Å². The summed E-state index contributed by atoms with van der Waals surface area (Å²) in [7, 11) is 0. The molecular formula is C19H19N5O. The molecule has 1 N–H and O–H groups in total. The van der Waals surface area contributed by atoms with Gasteiger partial charge in [0.15, 0.2) is 5.82 Å². The summed E-state index contributed by atoms with van der Waals surface area (Å²) in [5.41, 5.74) is 2.67. The Morgan fingerprint density at radius 2 is 1.60 bits per heavy atom. The molecule has 126 valence electrons. The molecule has 25 heavy (non-hydrogen) atoms. The number of aromatic nitrogens is 4. The van der Waals surface area contributed by atoms with E-state index in [-0.39, 0.29) is 6.10 Å². The zero-order chi connectivity index (χ0) is 17.1. The molecule has 3 aromatic rings. The van der Waals surface area contributed by atoms with Crippen molar-refractivity contribution in [2.24, 2.45) is 0 Å². The molecule has 0 bridgehead atoms. The maximum atomic E-state index is 9.76. The maximum absolute atomic E-state index is 9.76. The molecule has 1 aliphatic heterocycles. The van der Waals surface area contributed by atoms with Gasteiger partial charge in [0.2, 0.25) is 0 Å². The van der Waals surface area contributed by atoms with Gasteiger partial charge in [0, 0.05) is 55.1 Å². The first-order valence-corrected chi connectivity index (χ1v) is 8.42. The molecule has 0 radical (unpaired) electrons. The monoisotopic (exact) mass is 333 g/mol. The average molecular weight is 333 g/mol. The molecule has 6 nitrogen and oxygen atoms in total. The van der Waals surface area contributed by atoms with E-state index >= 15 is 0 Å². The highest BCUT2D eigenvalue weighted by molar-refractivity contribution is 5.67. The zero-order valence-electron chi connectivity index (χ0n) is 13.8. The number of aliphatic hydroxyl groups excluding tert-OH is 1. The van der Waals surface area contributed by atoms with E-state index in [4.69, 9.17) is 9.97 Å². The van der Waals surface area contributed by atoms with Gasteiger partial charge in [-0.05, 0) is 37.1 Å². The van der Waals surface area contributed by atoms with E-state index in [0.717, 1.165) is 48.6 Å². The van der Waals surface area contributed by atoms with Crippen LogP contribution >= 0.6 is 0 Å². The Balaban J connectivity index is 1.78. The lowest BCUT2D eigenvalue weighted by Gasteiger charge is -2.30. The summed E-state index contributed by atoms with van der Waals surface area (Å²) in [6.45, 7) is 1.58. The van der Waals surface area contributed by atoms with Crippen molar-refractivity contribution in [3.63, 3.8) is 0 Å². The highest BCUT2D eigenvalue weighted by atomic mass is 16.3. The summed E-state index contributed by atoms with van der Waals surface area (Å²) >= 11 is 0. The summed E-state index contributed by atoms with van der Waals surface area (Å²) < 4.78 is 0. The fourth-order valence-electron chi connectivity index (χ4n) is 2.98. The molecule has 1 aliphatic rings. The van der Waals surface area contributed by atoms with Crippen LogP contribution in [0.15, 0.2) is 55.1 Å². The van der Waals surface area contributed by atoms with Gasteiger partial charge in [-0.25, -0.2) is 9.97 Å². The molecule has 6 heteroatoms. The second-order valence-electron chi connectivity index (χ2n) is 6.14. The molecular weight excluding hydrogens is 314 g/mol. The largest absolute Gasteiger partial charge is 0.393 e. The predicted molar refractivity (Wildman–Crippen MR) is 95.9 cm³/mol. The van der Waals surface area contributed by atoms with Crippen LogP contribution in [0.2, 0.25) is 0 Å². The number of piperidine rings is 1. The van der Waals surface area contributed by atoms with Gasteiger partial charge >= 0.3 is 0 Å². The van der Waals surface area contributed by atoms with E-state index in [2.05, 4.69) is 14.9 Å². The third-order valence-electron chi connectivity index (χ3n) is 4.38. The van der Waals surface area contributed by atoms with Crippen molar-refractivity contribution < 1.29 is 5.11 Å². The van der Waals surface area contributed by atoms with Crippen molar-refractivity contribution in [1.82, 2.24) is 19.9 Å². The number of aliphatic hydroxyl groups is 1. The Morgan fingerprint density at radius 3 is 2.24 bits per heavy atom. The Labute approximate surface area is 146 Å². The summed E-state index contributed by atoms with van der Waals surface area (Å²) in [6.07, 6.45) is 8.36. The third kappa shape index (κ3) is 3.49. The lowest BCUT2D eigenvalue weighted by molar-refractivity contribution is 0.145. The normalized spacial score (nSPS) is 15.3. The molecule has 4 heterocycles. The Bertz CT molecular complexity index is 775. The molecule has 0 spiro atoms. The van der Waals surface area contributed by atoms with Crippen molar-refractivity contribution in [1.29, 1.82) is 0 Å². The SMILES string of the molecule is OC1CCN(c2cc(-c3cccnc3)nc(-c3cccnc3)n2)CC1. The molecule has 0 amide bonds. The molecule has 0 aromatic carbocycles. The highest BCUT2D eigenvalue weighted by Crippen LogP contribution is 2.27. The van der Waals surface area contributed by atoms with Gasteiger partial charge in [-0.3, -0.25) is 9.97 Å². The summed E-state index contributed by atoms with van der Waals surface area (Å²) in [4.78, 5) is 20.0. The van der Waals surface area contributed by atoms with Crippen LogP contribution in [0, 0.1) is 0 Å². The smallest absolute Gasteiger partial charge is 0.163 e. The minimum absolute atomic E-state index is 0.214. The van der Waals surface area contributed by atoms with Gasteiger partial charge in [-0.15, -0.1) is 0 Å². The van der Waals surface area contributed by atoms with Crippen molar-refractivity contribution in [3.8, 4) is 22.6 Å². The molecule has 1 fully saturated rings.